The van der Waals surface area contributed by atoms with E-state index in [4.69, 9.17) is 32.9 Å². The van der Waals surface area contributed by atoms with Crippen molar-refractivity contribution in [2.24, 2.45) is 12.5 Å². The highest BCUT2D eigenvalue weighted by Gasteiger charge is 2.48. The summed E-state index contributed by atoms with van der Waals surface area (Å²) < 4.78 is 7.74. The van der Waals surface area contributed by atoms with E-state index < -0.39 is 6.09 Å². The number of nitrogens with zero attached hydrogens (tertiary/aromatic N) is 5. The number of benzene rings is 2. The largest absolute Gasteiger partial charge is 0.496 e. The molecule has 14 heteroatoms. The molecule has 0 aliphatic carbocycles. The van der Waals surface area contributed by atoms with Crippen molar-refractivity contribution in [2.45, 2.75) is 38.4 Å². The van der Waals surface area contributed by atoms with Crippen LogP contribution in [0.2, 0.25) is 10.0 Å². The monoisotopic (exact) mass is 767 g/mol. The van der Waals surface area contributed by atoms with E-state index in [0.717, 1.165) is 54.0 Å². The van der Waals surface area contributed by atoms with Gasteiger partial charge in [0, 0.05) is 110 Å². The smallest absolute Gasteiger partial charge is 0.407 e. The Balaban J connectivity index is 1.04. The van der Waals surface area contributed by atoms with Gasteiger partial charge in [-0.15, -0.1) is 0 Å². The van der Waals surface area contributed by atoms with Gasteiger partial charge in [-0.25, -0.2) is 9.78 Å². The number of pyridine rings is 2. The Morgan fingerprint density at radius 2 is 1.83 bits per heavy atom. The Morgan fingerprint density at radius 1 is 1.04 bits per heavy atom. The second-order valence-corrected chi connectivity index (χ2v) is 15.4. The van der Waals surface area contributed by atoms with Crippen LogP contribution in [-0.4, -0.2) is 86.7 Å². The third-order valence-electron chi connectivity index (χ3n) is 10.8. The Hall–Kier alpha value is -5.17. The molecular weight excluding hydrogens is 729 g/mol. The predicted octanol–water partition coefficient (Wildman–Crippen LogP) is 6.37. The number of carboxylic acid groups (broad SMARTS) is 1. The van der Waals surface area contributed by atoms with Crippen LogP contribution in [0.3, 0.4) is 0 Å². The summed E-state index contributed by atoms with van der Waals surface area (Å²) >= 11 is 14.3. The number of carbonyl (C=O) groups is 3. The van der Waals surface area contributed by atoms with Crippen LogP contribution in [0.25, 0.3) is 44.7 Å². The molecule has 0 bridgehead atoms. The number of aromatic nitrogens is 3. The summed E-state index contributed by atoms with van der Waals surface area (Å²) in [5, 5.41) is 17.7. The normalized spacial score (nSPS) is 17.8. The fourth-order valence-electron chi connectivity index (χ4n) is 8.15. The molecule has 0 unspecified atom stereocenters. The maximum atomic E-state index is 12.1. The first-order chi connectivity index (χ1) is 26.0. The van der Waals surface area contributed by atoms with Gasteiger partial charge in [0.25, 0.3) is 0 Å². The summed E-state index contributed by atoms with van der Waals surface area (Å²) in [7, 11) is 3.53. The zero-order valence-electron chi connectivity index (χ0n) is 29.9. The molecule has 278 valence electrons. The molecule has 0 saturated carbocycles. The Bertz CT molecular complexity index is 2320. The first-order valence-corrected chi connectivity index (χ1v) is 18.6. The number of nitrogens with one attached hydrogen (secondary N) is 2. The predicted molar refractivity (Wildman–Crippen MR) is 206 cm³/mol. The van der Waals surface area contributed by atoms with Crippen molar-refractivity contribution in [2.75, 3.05) is 33.3 Å². The van der Waals surface area contributed by atoms with Crippen molar-refractivity contribution in [3.8, 4) is 39.4 Å². The van der Waals surface area contributed by atoms with Crippen LogP contribution in [0.4, 0.5) is 4.79 Å². The molecule has 1 spiro atoms. The Kier molecular flexibility index (Phi) is 9.45. The van der Waals surface area contributed by atoms with E-state index in [2.05, 4.69) is 32.8 Å². The summed E-state index contributed by atoms with van der Waals surface area (Å²) in [4.78, 5) is 48.9. The minimum absolute atomic E-state index is 0.0685. The highest BCUT2D eigenvalue weighted by atomic mass is 35.5. The Morgan fingerprint density at radius 3 is 2.56 bits per heavy atom. The Labute approximate surface area is 322 Å². The van der Waals surface area contributed by atoms with Gasteiger partial charge in [-0.1, -0.05) is 53.5 Å². The minimum Gasteiger partial charge on any atom is -0.496 e. The number of likely N-dealkylation sites (tertiary alicyclic amines) is 1. The van der Waals surface area contributed by atoms with Gasteiger partial charge in [0.2, 0.25) is 11.8 Å². The zero-order valence-corrected chi connectivity index (χ0v) is 31.4. The van der Waals surface area contributed by atoms with E-state index in [1.54, 1.807) is 12.3 Å². The van der Waals surface area contributed by atoms with Crippen molar-refractivity contribution < 1.29 is 24.2 Å². The maximum absolute atomic E-state index is 12.1. The van der Waals surface area contributed by atoms with E-state index in [9.17, 15) is 19.5 Å². The third kappa shape index (κ3) is 6.74. The third-order valence-corrected chi connectivity index (χ3v) is 11.6. The number of halogens is 2. The maximum Gasteiger partial charge on any atom is 0.407 e. The summed E-state index contributed by atoms with van der Waals surface area (Å²) in [6.07, 6.45) is 4.32. The molecular formula is C40H39Cl2N7O5. The molecule has 54 heavy (non-hydrogen) atoms. The minimum atomic E-state index is -1.08. The van der Waals surface area contributed by atoms with Gasteiger partial charge in [-0.05, 0) is 36.2 Å². The van der Waals surface area contributed by atoms with Gasteiger partial charge in [0.05, 0.1) is 35.1 Å². The van der Waals surface area contributed by atoms with Crippen molar-refractivity contribution in [1.82, 2.24) is 35.0 Å². The lowest BCUT2D eigenvalue weighted by Gasteiger charge is -2.47. The van der Waals surface area contributed by atoms with E-state index in [0.29, 0.717) is 57.4 Å². The number of hydrogen-bond acceptors (Lipinski definition) is 7. The summed E-state index contributed by atoms with van der Waals surface area (Å²) in [6.45, 7) is 3.63. The second-order valence-electron chi connectivity index (χ2n) is 14.6. The summed E-state index contributed by atoms with van der Waals surface area (Å²) in [6, 6.07) is 16.9. The van der Waals surface area contributed by atoms with Gasteiger partial charge in [0.15, 0.2) is 0 Å². The molecule has 6 heterocycles. The van der Waals surface area contributed by atoms with Gasteiger partial charge in [0.1, 0.15) is 11.4 Å². The van der Waals surface area contributed by atoms with Crippen LogP contribution in [-0.2, 0) is 29.7 Å². The highest BCUT2D eigenvalue weighted by Crippen LogP contribution is 2.43. The average molecular weight is 769 g/mol. The number of methoxy groups -OCH3 is 1. The molecule has 8 rings (SSSR count). The zero-order chi connectivity index (χ0) is 37.7. The number of fused-ring (bicyclic) bond motifs is 1. The molecule has 12 nitrogen and oxygen atoms in total. The van der Waals surface area contributed by atoms with Gasteiger partial charge < -0.3 is 29.9 Å². The number of amides is 3. The van der Waals surface area contributed by atoms with Crippen LogP contribution >= 0.6 is 23.2 Å². The molecule has 3 aliphatic rings. The van der Waals surface area contributed by atoms with E-state index in [1.807, 2.05) is 54.1 Å². The summed E-state index contributed by atoms with van der Waals surface area (Å²) in [5.41, 5.74) is 6.92. The SMILES string of the molecule is COc1cc(-c2nccc(-c3cccc(-c4ccc5c(CN6CC7(CNC(=O)C7)C6)cn(C)c5n4)c3Cl)c2Cl)ccc1CN(C[C@@H]1CCC(=O)N1)C(=O)O. The average Bonchev–Trinajstić information content (AvgIpc) is 3.84. The molecule has 5 aromatic rings. The number of rotatable bonds is 10. The molecule has 3 aromatic heterocycles. The molecule has 2 aromatic carbocycles. The second kappa shape index (κ2) is 14.2. The van der Waals surface area contributed by atoms with Crippen molar-refractivity contribution >= 4 is 52.1 Å². The van der Waals surface area contributed by atoms with Crippen LogP contribution < -0.4 is 15.4 Å². The quantitative estimate of drug-likeness (QED) is 0.149. The lowest BCUT2D eigenvalue weighted by molar-refractivity contribution is -0.121. The molecule has 3 saturated heterocycles. The highest BCUT2D eigenvalue weighted by molar-refractivity contribution is 6.39. The fourth-order valence-corrected chi connectivity index (χ4v) is 8.80. The first-order valence-electron chi connectivity index (χ1n) is 17.8. The number of aryl methyl sites for hydroxylation is 1. The lowest BCUT2D eigenvalue weighted by Crippen LogP contribution is -2.56. The van der Waals surface area contributed by atoms with Gasteiger partial charge in [-0.3, -0.25) is 19.5 Å². The molecule has 3 amide bonds. The standard InChI is InChI=1S/C40H39Cl2N7O5/c1-47-16-25(17-48-21-40(22-48)15-34(51)44-20-40)27-9-10-31(46-38(27)47)30-5-3-4-28(35(30)41)29-12-13-43-37(36(29)42)23-6-7-24(32(14-23)54-2)18-49(39(52)53)19-26-8-11-33(50)45-26/h3-7,9-10,12-14,16,26H,8,11,15,17-22H2,1-2H3,(H,44,51)(H,45,50)(H,52,53)/t26-/m0/s1. The van der Waals surface area contributed by atoms with Crippen LogP contribution in [0.15, 0.2) is 67.0 Å². The van der Waals surface area contributed by atoms with E-state index >= 15 is 0 Å². The first kappa shape index (κ1) is 35.8. The number of ether oxygens (including phenoxy) is 1. The number of hydrogen-bond donors (Lipinski definition) is 3. The van der Waals surface area contributed by atoms with Crippen LogP contribution in [0.5, 0.6) is 5.75 Å². The van der Waals surface area contributed by atoms with Crippen molar-refractivity contribution in [1.29, 1.82) is 0 Å². The topological polar surface area (TPSA) is 142 Å². The molecule has 3 N–H and O–H groups in total. The van der Waals surface area contributed by atoms with Crippen LogP contribution in [0, 0.1) is 5.41 Å². The summed E-state index contributed by atoms with van der Waals surface area (Å²) in [5.74, 6) is 0.564. The number of carbonyl (C=O) groups excluding carboxylic acids is 2. The molecule has 3 fully saturated rings. The van der Waals surface area contributed by atoms with Crippen LogP contribution in [0.1, 0.15) is 30.4 Å². The molecule has 0 radical (unpaired) electrons. The van der Waals surface area contributed by atoms with E-state index in [1.165, 1.54) is 17.6 Å². The molecule has 1 atom stereocenters. The van der Waals surface area contributed by atoms with Gasteiger partial charge in [-0.2, -0.15) is 0 Å². The lowest BCUT2D eigenvalue weighted by atomic mass is 9.79. The van der Waals surface area contributed by atoms with Crippen molar-refractivity contribution in [3.05, 3.63) is 88.2 Å². The van der Waals surface area contributed by atoms with Crippen molar-refractivity contribution in [3.63, 3.8) is 0 Å². The van der Waals surface area contributed by atoms with E-state index in [-0.39, 0.29) is 36.4 Å². The van der Waals surface area contributed by atoms with Gasteiger partial charge >= 0.3 is 6.09 Å². The molecule has 3 aliphatic heterocycles. The fraction of sp³-hybridized carbons (Fsp3) is 0.325.